The van der Waals surface area contributed by atoms with Crippen LogP contribution in [0.4, 0.5) is 5.13 Å². The van der Waals surface area contributed by atoms with Crippen LogP contribution in [0.2, 0.25) is 0 Å². The summed E-state index contributed by atoms with van der Waals surface area (Å²) in [7, 11) is 1.16. The van der Waals surface area contributed by atoms with Crippen molar-refractivity contribution < 1.29 is 17.9 Å². The maximum Gasteiger partial charge on any atom is 0.281 e. The number of hydrogen-bond acceptors (Lipinski definition) is 6. The van der Waals surface area contributed by atoms with Crippen molar-refractivity contribution in [2.24, 2.45) is 0 Å². The van der Waals surface area contributed by atoms with Gasteiger partial charge in [0.1, 0.15) is 5.75 Å². The number of methoxy groups -OCH3 is 1. The zero-order valence-corrected chi connectivity index (χ0v) is 17.1. The first-order valence-corrected chi connectivity index (χ1v) is 10.6. The molecule has 1 aliphatic heterocycles. The van der Waals surface area contributed by atoms with E-state index in [9.17, 15) is 13.2 Å². The lowest BCUT2D eigenvalue weighted by Gasteiger charge is -2.27. The van der Waals surface area contributed by atoms with Crippen LogP contribution in [0.5, 0.6) is 5.75 Å². The second-order valence-corrected chi connectivity index (χ2v) is 9.57. The summed E-state index contributed by atoms with van der Waals surface area (Å²) in [4.78, 5) is 17.6. The van der Waals surface area contributed by atoms with E-state index in [2.05, 4.69) is 10.3 Å². The predicted octanol–water partition coefficient (Wildman–Crippen LogP) is 1.50. The van der Waals surface area contributed by atoms with Crippen LogP contribution in [0.25, 0.3) is 0 Å². The molecule has 2 heterocycles. The number of carbonyl (C=O) groups excluding carboxylic acids is 1. The first-order chi connectivity index (χ1) is 12.8. The Morgan fingerprint density at radius 3 is 2.89 bits per heavy atom. The van der Waals surface area contributed by atoms with Crippen LogP contribution in [0.15, 0.2) is 24.3 Å². The van der Waals surface area contributed by atoms with Gasteiger partial charge in [-0.15, -0.1) is 11.3 Å². The van der Waals surface area contributed by atoms with Crippen molar-refractivity contribution in [1.29, 1.82) is 0 Å². The normalized spacial score (nSPS) is 14.8. The van der Waals surface area contributed by atoms with Crippen molar-refractivity contribution in [3.8, 4) is 5.75 Å². The number of thiazole rings is 1. The van der Waals surface area contributed by atoms with Gasteiger partial charge in [-0.3, -0.25) is 4.79 Å². The van der Waals surface area contributed by atoms with Gasteiger partial charge in [-0.2, -0.15) is 17.0 Å². The molecule has 2 aromatic rings. The van der Waals surface area contributed by atoms with Gasteiger partial charge in [0.15, 0.2) is 5.13 Å². The minimum absolute atomic E-state index is 0.174. The number of rotatable bonds is 6. The van der Waals surface area contributed by atoms with Crippen LogP contribution in [-0.2, 0) is 34.4 Å². The van der Waals surface area contributed by atoms with Crippen molar-refractivity contribution in [2.75, 3.05) is 33.1 Å². The number of nitrogens with one attached hydrogen (secondary N) is 1. The SMILES string of the molecule is COc1cccc(CC(=O)Nc2nc3c(s2)CN(S(=O)(=O)N(C)C)CC3)c1. The van der Waals surface area contributed by atoms with E-state index in [0.717, 1.165) is 16.1 Å². The maximum atomic E-state index is 12.3. The minimum Gasteiger partial charge on any atom is -0.497 e. The summed E-state index contributed by atoms with van der Waals surface area (Å²) in [5.41, 5.74) is 1.69. The molecule has 0 unspecified atom stereocenters. The quantitative estimate of drug-likeness (QED) is 0.779. The molecule has 0 radical (unpaired) electrons. The van der Waals surface area contributed by atoms with Crippen LogP contribution in [0.1, 0.15) is 16.1 Å². The van der Waals surface area contributed by atoms with Gasteiger partial charge in [-0.1, -0.05) is 12.1 Å². The standard InChI is InChI=1S/C17H22N4O4S2/c1-20(2)27(23,24)21-8-7-14-15(11-21)26-17(18-14)19-16(22)10-12-5-4-6-13(9-12)25-3/h4-6,9H,7-8,10-11H2,1-3H3,(H,18,19,22). The Balaban J connectivity index is 1.66. The van der Waals surface area contributed by atoms with Gasteiger partial charge in [-0.05, 0) is 17.7 Å². The Bertz CT molecular complexity index is 940. The molecule has 8 nitrogen and oxygen atoms in total. The summed E-state index contributed by atoms with van der Waals surface area (Å²) in [6.07, 6.45) is 0.743. The monoisotopic (exact) mass is 410 g/mol. The number of carbonyl (C=O) groups is 1. The van der Waals surface area contributed by atoms with E-state index in [-0.39, 0.29) is 18.9 Å². The molecule has 1 amide bonds. The van der Waals surface area contributed by atoms with Crippen LogP contribution in [0, 0.1) is 0 Å². The molecular formula is C17H22N4O4S2. The number of aromatic nitrogens is 1. The molecule has 0 saturated heterocycles. The number of benzene rings is 1. The van der Waals surface area contributed by atoms with E-state index in [1.807, 2.05) is 24.3 Å². The summed E-state index contributed by atoms with van der Waals surface area (Å²) in [5, 5.41) is 3.31. The highest BCUT2D eigenvalue weighted by Gasteiger charge is 2.30. The van der Waals surface area contributed by atoms with Crippen molar-refractivity contribution >= 4 is 32.6 Å². The Labute approximate surface area is 163 Å². The fourth-order valence-corrected chi connectivity index (χ4v) is 4.98. The van der Waals surface area contributed by atoms with Crippen molar-refractivity contribution in [3.05, 3.63) is 40.4 Å². The van der Waals surface area contributed by atoms with Crippen LogP contribution < -0.4 is 10.1 Å². The molecular weight excluding hydrogens is 388 g/mol. The smallest absolute Gasteiger partial charge is 0.281 e. The Hall–Kier alpha value is -2.01. The third kappa shape index (κ3) is 4.46. The topological polar surface area (TPSA) is 91.8 Å². The van der Waals surface area contributed by atoms with E-state index in [4.69, 9.17) is 4.74 Å². The molecule has 0 saturated carbocycles. The summed E-state index contributed by atoms with van der Waals surface area (Å²) < 4.78 is 32.4. The molecule has 0 fully saturated rings. The lowest BCUT2D eigenvalue weighted by atomic mass is 10.1. The first-order valence-electron chi connectivity index (χ1n) is 8.38. The summed E-state index contributed by atoms with van der Waals surface area (Å²) in [6, 6.07) is 7.34. The second-order valence-electron chi connectivity index (χ2n) is 6.34. The van der Waals surface area contributed by atoms with Crippen molar-refractivity contribution in [1.82, 2.24) is 13.6 Å². The fraction of sp³-hybridized carbons (Fsp3) is 0.412. The second kappa shape index (κ2) is 7.93. The zero-order valence-electron chi connectivity index (χ0n) is 15.4. The van der Waals surface area contributed by atoms with Gasteiger partial charge in [0.05, 0.1) is 25.8 Å². The summed E-state index contributed by atoms with van der Waals surface area (Å²) in [6.45, 7) is 0.660. The van der Waals surface area contributed by atoms with E-state index in [0.29, 0.717) is 23.8 Å². The third-order valence-electron chi connectivity index (χ3n) is 4.23. The number of anilines is 1. The largest absolute Gasteiger partial charge is 0.497 e. The van der Waals surface area contributed by atoms with Gasteiger partial charge in [0.25, 0.3) is 10.2 Å². The summed E-state index contributed by atoms with van der Waals surface area (Å²) >= 11 is 1.32. The van der Waals surface area contributed by atoms with Crippen LogP contribution >= 0.6 is 11.3 Å². The Morgan fingerprint density at radius 1 is 1.41 bits per heavy atom. The Kier molecular flexibility index (Phi) is 5.80. The van der Waals surface area contributed by atoms with Gasteiger partial charge < -0.3 is 10.1 Å². The lowest BCUT2D eigenvalue weighted by Crippen LogP contribution is -2.42. The molecule has 146 valence electrons. The molecule has 1 aromatic carbocycles. The molecule has 0 spiro atoms. The number of nitrogens with zero attached hydrogens (tertiary/aromatic N) is 3. The highest BCUT2D eigenvalue weighted by atomic mass is 32.2. The van der Waals surface area contributed by atoms with Crippen LogP contribution in [0.3, 0.4) is 0 Å². The molecule has 1 N–H and O–H groups in total. The lowest BCUT2D eigenvalue weighted by molar-refractivity contribution is -0.115. The van der Waals surface area contributed by atoms with Gasteiger partial charge in [-0.25, -0.2) is 4.98 Å². The fourth-order valence-electron chi connectivity index (χ4n) is 2.78. The number of ether oxygens (including phenoxy) is 1. The minimum atomic E-state index is -3.46. The van der Waals surface area contributed by atoms with E-state index in [1.165, 1.54) is 34.0 Å². The average molecular weight is 411 g/mol. The van der Waals surface area contributed by atoms with Crippen LogP contribution in [-0.4, -0.2) is 55.7 Å². The molecule has 10 heteroatoms. The first kappa shape index (κ1) is 19.7. The zero-order chi connectivity index (χ0) is 19.6. The van der Waals surface area contributed by atoms with E-state index >= 15 is 0 Å². The molecule has 1 aliphatic rings. The van der Waals surface area contributed by atoms with Crippen molar-refractivity contribution in [2.45, 2.75) is 19.4 Å². The van der Waals surface area contributed by atoms with Gasteiger partial charge in [0.2, 0.25) is 5.91 Å². The van der Waals surface area contributed by atoms with Gasteiger partial charge in [0, 0.05) is 31.9 Å². The molecule has 3 rings (SSSR count). The van der Waals surface area contributed by atoms with Gasteiger partial charge >= 0.3 is 0 Å². The number of hydrogen-bond donors (Lipinski definition) is 1. The predicted molar refractivity (Wildman–Crippen MR) is 104 cm³/mol. The average Bonchev–Trinajstić information content (AvgIpc) is 3.02. The van der Waals surface area contributed by atoms with E-state index in [1.54, 1.807) is 7.11 Å². The highest BCUT2D eigenvalue weighted by molar-refractivity contribution is 7.86. The Morgan fingerprint density at radius 2 is 2.19 bits per heavy atom. The molecule has 1 aromatic heterocycles. The van der Waals surface area contributed by atoms with Crippen molar-refractivity contribution in [3.63, 3.8) is 0 Å². The molecule has 0 atom stereocenters. The maximum absolute atomic E-state index is 12.3. The highest BCUT2D eigenvalue weighted by Crippen LogP contribution is 2.30. The number of fused-ring (bicyclic) bond motifs is 1. The molecule has 0 bridgehead atoms. The van der Waals surface area contributed by atoms with E-state index < -0.39 is 10.2 Å². The summed E-state index contributed by atoms with van der Waals surface area (Å²) in [5.74, 6) is 0.527. The number of amides is 1. The third-order valence-corrected chi connectivity index (χ3v) is 7.11. The molecule has 0 aliphatic carbocycles. The molecule has 27 heavy (non-hydrogen) atoms.